The summed E-state index contributed by atoms with van der Waals surface area (Å²) in [6.07, 6.45) is 1.56. The standard InChI is InChI=1S/C14H21NO2/c1-3-11(8-12(9-15)14(16)17)13-7-5-4-6-10(13)2/h4-7,11-12H,3,8-9,15H2,1-2H3,(H,16,17). The van der Waals surface area contributed by atoms with Crippen LogP contribution >= 0.6 is 0 Å². The lowest BCUT2D eigenvalue weighted by atomic mass is 9.85. The molecule has 0 aliphatic heterocycles. The van der Waals surface area contributed by atoms with Gasteiger partial charge in [-0.05, 0) is 36.8 Å². The molecule has 1 aromatic carbocycles. The van der Waals surface area contributed by atoms with Gasteiger partial charge in [0, 0.05) is 6.54 Å². The van der Waals surface area contributed by atoms with Crippen LogP contribution in [0.5, 0.6) is 0 Å². The van der Waals surface area contributed by atoms with Crippen LogP contribution in [-0.2, 0) is 4.79 Å². The molecule has 94 valence electrons. The lowest BCUT2D eigenvalue weighted by molar-refractivity contribution is -0.141. The van der Waals surface area contributed by atoms with Gasteiger partial charge in [-0.3, -0.25) is 4.79 Å². The molecular formula is C14H21NO2. The van der Waals surface area contributed by atoms with E-state index >= 15 is 0 Å². The van der Waals surface area contributed by atoms with Crippen molar-refractivity contribution >= 4 is 5.97 Å². The van der Waals surface area contributed by atoms with Crippen molar-refractivity contribution in [3.63, 3.8) is 0 Å². The van der Waals surface area contributed by atoms with E-state index in [-0.39, 0.29) is 12.5 Å². The number of carboxylic acid groups (broad SMARTS) is 1. The summed E-state index contributed by atoms with van der Waals surface area (Å²) in [5.74, 6) is -0.958. The number of nitrogens with two attached hydrogens (primary N) is 1. The van der Waals surface area contributed by atoms with Crippen molar-refractivity contribution in [2.24, 2.45) is 11.7 Å². The Kier molecular flexibility index (Phi) is 5.16. The molecule has 0 bridgehead atoms. The van der Waals surface area contributed by atoms with Crippen LogP contribution in [0.3, 0.4) is 0 Å². The first-order chi connectivity index (χ1) is 8.10. The highest BCUT2D eigenvalue weighted by atomic mass is 16.4. The van der Waals surface area contributed by atoms with Gasteiger partial charge in [0.25, 0.3) is 0 Å². The summed E-state index contributed by atoms with van der Waals surface area (Å²) in [5, 5.41) is 9.05. The third-order valence-electron chi connectivity index (χ3n) is 3.32. The molecule has 0 radical (unpaired) electrons. The average molecular weight is 235 g/mol. The SMILES string of the molecule is CCC(CC(CN)C(=O)O)c1ccccc1C. The second kappa shape index (κ2) is 6.40. The Morgan fingerprint density at radius 2 is 2.06 bits per heavy atom. The number of hydrogen-bond donors (Lipinski definition) is 2. The molecule has 0 amide bonds. The van der Waals surface area contributed by atoms with Crippen LogP contribution in [-0.4, -0.2) is 17.6 Å². The van der Waals surface area contributed by atoms with E-state index in [4.69, 9.17) is 10.8 Å². The predicted molar refractivity (Wildman–Crippen MR) is 69.0 cm³/mol. The minimum atomic E-state index is -0.792. The van der Waals surface area contributed by atoms with Gasteiger partial charge in [-0.15, -0.1) is 0 Å². The maximum absolute atomic E-state index is 11.0. The van der Waals surface area contributed by atoms with E-state index in [0.717, 1.165) is 6.42 Å². The van der Waals surface area contributed by atoms with Crippen molar-refractivity contribution in [2.75, 3.05) is 6.54 Å². The van der Waals surface area contributed by atoms with Crippen molar-refractivity contribution in [3.05, 3.63) is 35.4 Å². The molecular weight excluding hydrogens is 214 g/mol. The first-order valence-corrected chi connectivity index (χ1v) is 6.08. The Labute approximate surface area is 103 Å². The third-order valence-corrected chi connectivity index (χ3v) is 3.32. The number of carboxylic acids is 1. The van der Waals surface area contributed by atoms with Gasteiger partial charge >= 0.3 is 5.97 Å². The fourth-order valence-electron chi connectivity index (χ4n) is 2.20. The monoisotopic (exact) mass is 235 g/mol. The highest BCUT2D eigenvalue weighted by molar-refractivity contribution is 5.70. The zero-order valence-corrected chi connectivity index (χ0v) is 10.5. The summed E-state index contributed by atoms with van der Waals surface area (Å²) >= 11 is 0. The molecule has 2 unspecified atom stereocenters. The van der Waals surface area contributed by atoms with Crippen molar-refractivity contribution in [3.8, 4) is 0 Å². The van der Waals surface area contributed by atoms with Gasteiger partial charge < -0.3 is 10.8 Å². The highest BCUT2D eigenvalue weighted by Gasteiger charge is 2.22. The average Bonchev–Trinajstić information content (AvgIpc) is 2.31. The Bertz CT molecular complexity index is 376. The van der Waals surface area contributed by atoms with E-state index in [1.54, 1.807) is 0 Å². The number of benzene rings is 1. The largest absolute Gasteiger partial charge is 0.481 e. The van der Waals surface area contributed by atoms with E-state index in [1.165, 1.54) is 11.1 Å². The molecule has 3 nitrogen and oxygen atoms in total. The normalized spacial score (nSPS) is 14.3. The highest BCUT2D eigenvalue weighted by Crippen LogP contribution is 2.29. The summed E-state index contributed by atoms with van der Waals surface area (Å²) in [6.45, 7) is 4.36. The van der Waals surface area contributed by atoms with E-state index in [9.17, 15) is 4.79 Å². The lowest BCUT2D eigenvalue weighted by Crippen LogP contribution is -2.25. The van der Waals surface area contributed by atoms with Crippen LogP contribution in [0, 0.1) is 12.8 Å². The molecule has 1 aromatic rings. The van der Waals surface area contributed by atoms with Crippen molar-refractivity contribution in [1.82, 2.24) is 0 Å². The van der Waals surface area contributed by atoms with E-state index in [2.05, 4.69) is 26.0 Å². The van der Waals surface area contributed by atoms with Crippen LogP contribution in [0.2, 0.25) is 0 Å². The summed E-state index contributed by atoms with van der Waals surface area (Å²) in [4.78, 5) is 11.0. The Balaban J connectivity index is 2.85. The molecule has 0 saturated carbocycles. The molecule has 0 spiro atoms. The molecule has 0 aliphatic carbocycles. The van der Waals surface area contributed by atoms with E-state index < -0.39 is 11.9 Å². The van der Waals surface area contributed by atoms with Crippen LogP contribution in [0.4, 0.5) is 0 Å². The van der Waals surface area contributed by atoms with Crippen molar-refractivity contribution in [2.45, 2.75) is 32.6 Å². The van der Waals surface area contributed by atoms with Gasteiger partial charge in [-0.1, -0.05) is 31.2 Å². The molecule has 3 N–H and O–H groups in total. The smallest absolute Gasteiger partial charge is 0.307 e. The van der Waals surface area contributed by atoms with Crippen LogP contribution in [0.15, 0.2) is 24.3 Å². The van der Waals surface area contributed by atoms with Gasteiger partial charge in [0.1, 0.15) is 0 Å². The van der Waals surface area contributed by atoms with Gasteiger partial charge in [-0.25, -0.2) is 0 Å². The summed E-state index contributed by atoms with van der Waals surface area (Å²) < 4.78 is 0. The molecule has 0 aromatic heterocycles. The summed E-state index contributed by atoms with van der Waals surface area (Å²) in [6, 6.07) is 8.15. The first kappa shape index (κ1) is 13.7. The van der Waals surface area contributed by atoms with Gasteiger partial charge in [0.15, 0.2) is 0 Å². The summed E-state index contributed by atoms with van der Waals surface area (Å²) in [5.41, 5.74) is 7.98. The predicted octanol–water partition coefficient (Wildman–Crippen LogP) is 2.54. The minimum absolute atomic E-state index is 0.206. The van der Waals surface area contributed by atoms with Crippen LogP contribution in [0.25, 0.3) is 0 Å². The van der Waals surface area contributed by atoms with Crippen molar-refractivity contribution < 1.29 is 9.90 Å². The zero-order chi connectivity index (χ0) is 12.8. The number of aryl methyl sites for hydroxylation is 1. The van der Waals surface area contributed by atoms with Crippen LogP contribution < -0.4 is 5.73 Å². The van der Waals surface area contributed by atoms with Gasteiger partial charge in [0.05, 0.1) is 5.92 Å². The second-order valence-electron chi connectivity index (χ2n) is 4.47. The fraction of sp³-hybridized carbons (Fsp3) is 0.500. The van der Waals surface area contributed by atoms with Gasteiger partial charge in [-0.2, -0.15) is 0 Å². The molecule has 17 heavy (non-hydrogen) atoms. The molecule has 0 saturated heterocycles. The van der Waals surface area contributed by atoms with Gasteiger partial charge in [0.2, 0.25) is 0 Å². The minimum Gasteiger partial charge on any atom is -0.481 e. The molecule has 2 atom stereocenters. The Hall–Kier alpha value is -1.35. The lowest BCUT2D eigenvalue weighted by Gasteiger charge is -2.21. The fourth-order valence-corrected chi connectivity index (χ4v) is 2.20. The zero-order valence-electron chi connectivity index (χ0n) is 10.5. The van der Waals surface area contributed by atoms with E-state index in [1.807, 2.05) is 12.1 Å². The molecule has 0 aliphatic rings. The molecule has 0 fully saturated rings. The number of rotatable bonds is 6. The van der Waals surface area contributed by atoms with E-state index in [0.29, 0.717) is 6.42 Å². The number of hydrogen-bond acceptors (Lipinski definition) is 2. The molecule has 1 rings (SSSR count). The summed E-state index contributed by atoms with van der Waals surface area (Å²) in [7, 11) is 0. The number of carbonyl (C=O) groups is 1. The second-order valence-corrected chi connectivity index (χ2v) is 4.47. The molecule has 0 heterocycles. The molecule has 3 heteroatoms. The van der Waals surface area contributed by atoms with Crippen molar-refractivity contribution in [1.29, 1.82) is 0 Å². The third kappa shape index (κ3) is 3.56. The van der Waals surface area contributed by atoms with Crippen LogP contribution in [0.1, 0.15) is 36.8 Å². The maximum atomic E-state index is 11.0. The number of aliphatic carboxylic acids is 1. The quantitative estimate of drug-likeness (QED) is 0.796. The Morgan fingerprint density at radius 3 is 2.53 bits per heavy atom. The first-order valence-electron chi connectivity index (χ1n) is 6.08. The topological polar surface area (TPSA) is 63.3 Å². The Morgan fingerprint density at radius 1 is 1.41 bits per heavy atom. The maximum Gasteiger partial charge on any atom is 0.307 e.